The first-order chi connectivity index (χ1) is 17.5. The van der Waals surface area contributed by atoms with Crippen molar-refractivity contribution >= 4 is 21.8 Å². The van der Waals surface area contributed by atoms with Crippen molar-refractivity contribution in [3.8, 4) is 16.9 Å². The highest BCUT2D eigenvalue weighted by atomic mass is 32.2. The Labute approximate surface area is 211 Å². The van der Waals surface area contributed by atoms with Crippen LogP contribution in [0.2, 0.25) is 0 Å². The first-order valence-corrected chi connectivity index (χ1v) is 13.7. The standard InChI is InChI=1S/C29H27N3O3S/c33-28(31(20-23-10-4-1-5-11-23)27-18-19-36(34,35)22-27)17-16-25-21-32(26-14-8-3-9-15-26)30-29(25)24-12-6-2-7-13-24/h1-17,21,27H,18-20,22H2. The molecule has 1 aliphatic heterocycles. The first kappa shape index (κ1) is 23.8. The molecule has 182 valence electrons. The van der Waals surface area contributed by atoms with Gasteiger partial charge in [0.05, 0.1) is 22.9 Å². The average Bonchev–Trinajstić information content (AvgIpc) is 3.50. The second-order valence-electron chi connectivity index (χ2n) is 8.92. The zero-order valence-electron chi connectivity index (χ0n) is 19.8. The van der Waals surface area contributed by atoms with Gasteiger partial charge in [0.25, 0.3) is 0 Å². The van der Waals surface area contributed by atoms with E-state index >= 15 is 0 Å². The lowest BCUT2D eigenvalue weighted by Gasteiger charge is -2.27. The lowest BCUT2D eigenvalue weighted by atomic mass is 10.1. The van der Waals surface area contributed by atoms with E-state index in [0.29, 0.717) is 13.0 Å². The highest BCUT2D eigenvalue weighted by Crippen LogP contribution is 2.26. The maximum absolute atomic E-state index is 13.5. The molecule has 1 aromatic heterocycles. The van der Waals surface area contributed by atoms with Gasteiger partial charge >= 0.3 is 0 Å². The maximum atomic E-state index is 13.5. The van der Waals surface area contributed by atoms with Crippen molar-refractivity contribution < 1.29 is 13.2 Å². The summed E-state index contributed by atoms with van der Waals surface area (Å²) >= 11 is 0. The molecule has 1 fully saturated rings. The molecule has 1 unspecified atom stereocenters. The first-order valence-electron chi connectivity index (χ1n) is 11.9. The number of carbonyl (C=O) groups is 1. The summed E-state index contributed by atoms with van der Waals surface area (Å²) in [5.74, 6) is -0.102. The summed E-state index contributed by atoms with van der Waals surface area (Å²) in [5.41, 5.74) is 4.40. The van der Waals surface area contributed by atoms with Crippen molar-refractivity contribution in [2.45, 2.75) is 19.0 Å². The van der Waals surface area contributed by atoms with Crippen LogP contribution in [-0.2, 0) is 21.2 Å². The van der Waals surface area contributed by atoms with Crippen molar-refractivity contribution in [1.29, 1.82) is 0 Å². The van der Waals surface area contributed by atoms with Gasteiger partial charge in [-0.15, -0.1) is 0 Å². The van der Waals surface area contributed by atoms with Crippen molar-refractivity contribution in [3.05, 3.63) is 114 Å². The van der Waals surface area contributed by atoms with E-state index in [1.54, 1.807) is 15.7 Å². The Hall–Kier alpha value is -3.97. The highest BCUT2D eigenvalue weighted by Gasteiger charge is 2.34. The number of hydrogen-bond acceptors (Lipinski definition) is 4. The van der Waals surface area contributed by atoms with Gasteiger partial charge in [-0.3, -0.25) is 4.79 Å². The molecule has 1 amide bonds. The molecule has 0 radical (unpaired) electrons. The largest absolute Gasteiger partial charge is 0.331 e. The van der Waals surface area contributed by atoms with Crippen molar-refractivity contribution in [1.82, 2.24) is 14.7 Å². The number of amides is 1. The smallest absolute Gasteiger partial charge is 0.247 e. The second kappa shape index (κ2) is 10.3. The SMILES string of the molecule is O=C(C=Cc1cn(-c2ccccc2)nc1-c1ccccc1)N(Cc1ccccc1)C1CCS(=O)(=O)C1. The topological polar surface area (TPSA) is 72.3 Å². The molecule has 0 spiro atoms. The van der Waals surface area contributed by atoms with Crippen molar-refractivity contribution in [3.63, 3.8) is 0 Å². The summed E-state index contributed by atoms with van der Waals surface area (Å²) < 4.78 is 26.1. The minimum Gasteiger partial charge on any atom is -0.331 e. The van der Waals surface area contributed by atoms with Gasteiger partial charge in [0, 0.05) is 36.0 Å². The third kappa shape index (κ3) is 5.47. The normalized spacial score (nSPS) is 16.8. The Morgan fingerprint density at radius 2 is 1.58 bits per heavy atom. The summed E-state index contributed by atoms with van der Waals surface area (Å²) in [6.07, 6.45) is 5.67. The van der Waals surface area contributed by atoms with E-state index in [2.05, 4.69) is 0 Å². The molecular formula is C29H27N3O3S. The van der Waals surface area contributed by atoms with Gasteiger partial charge < -0.3 is 4.90 Å². The molecular weight excluding hydrogens is 470 g/mol. The van der Waals surface area contributed by atoms with Gasteiger partial charge in [-0.2, -0.15) is 5.10 Å². The summed E-state index contributed by atoms with van der Waals surface area (Å²) in [4.78, 5) is 15.1. The Kier molecular flexibility index (Phi) is 6.82. The molecule has 2 heterocycles. The summed E-state index contributed by atoms with van der Waals surface area (Å²) in [6, 6.07) is 29.0. The average molecular weight is 498 g/mol. The third-order valence-corrected chi connectivity index (χ3v) is 8.09. The Bertz CT molecular complexity index is 1460. The number of sulfone groups is 1. The molecule has 7 heteroatoms. The Morgan fingerprint density at radius 1 is 0.944 bits per heavy atom. The van der Waals surface area contributed by atoms with Crippen molar-refractivity contribution in [2.75, 3.05) is 11.5 Å². The van der Waals surface area contributed by atoms with E-state index < -0.39 is 9.84 Å². The monoisotopic (exact) mass is 497 g/mol. The lowest BCUT2D eigenvalue weighted by Crippen LogP contribution is -2.39. The zero-order chi connectivity index (χ0) is 25.0. The predicted molar refractivity (Wildman–Crippen MR) is 142 cm³/mol. The van der Waals surface area contributed by atoms with Gasteiger partial charge in [-0.25, -0.2) is 13.1 Å². The molecule has 0 N–H and O–H groups in total. The number of hydrogen-bond donors (Lipinski definition) is 0. The summed E-state index contributed by atoms with van der Waals surface area (Å²) in [5, 5.41) is 4.80. The van der Waals surface area contributed by atoms with E-state index in [1.165, 1.54) is 6.08 Å². The minimum atomic E-state index is -3.13. The van der Waals surface area contributed by atoms with Crippen LogP contribution in [0.25, 0.3) is 23.0 Å². The van der Waals surface area contributed by atoms with Crippen LogP contribution < -0.4 is 0 Å². The van der Waals surface area contributed by atoms with Crippen LogP contribution >= 0.6 is 0 Å². The molecule has 0 saturated carbocycles. The molecule has 0 aliphatic carbocycles. The van der Waals surface area contributed by atoms with Crippen LogP contribution in [0.4, 0.5) is 0 Å². The molecule has 6 nitrogen and oxygen atoms in total. The number of aromatic nitrogens is 2. The van der Waals surface area contributed by atoms with Gasteiger partial charge in [0.1, 0.15) is 0 Å². The summed E-state index contributed by atoms with van der Waals surface area (Å²) in [7, 11) is -3.13. The van der Waals surface area contributed by atoms with E-state index in [0.717, 1.165) is 28.1 Å². The number of rotatable bonds is 7. The Morgan fingerprint density at radius 3 is 2.22 bits per heavy atom. The molecule has 1 atom stereocenters. The lowest BCUT2D eigenvalue weighted by molar-refractivity contribution is -0.128. The molecule has 1 saturated heterocycles. The molecule has 36 heavy (non-hydrogen) atoms. The van der Waals surface area contributed by atoms with E-state index in [9.17, 15) is 13.2 Å². The van der Waals surface area contributed by atoms with Gasteiger partial charge in [-0.05, 0) is 30.2 Å². The quantitative estimate of drug-likeness (QED) is 0.345. The molecule has 0 bridgehead atoms. The Balaban J connectivity index is 1.47. The number of nitrogens with zero attached hydrogens (tertiary/aromatic N) is 3. The molecule has 4 aromatic rings. The van der Waals surface area contributed by atoms with Gasteiger partial charge in [-0.1, -0.05) is 78.9 Å². The van der Waals surface area contributed by atoms with Crippen molar-refractivity contribution in [2.24, 2.45) is 0 Å². The van der Waals surface area contributed by atoms with Crippen LogP contribution in [0.15, 0.2) is 103 Å². The fourth-order valence-corrected chi connectivity index (χ4v) is 6.22. The highest BCUT2D eigenvalue weighted by molar-refractivity contribution is 7.91. The summed E-state index contributed by atoms with van der Waals surface area (Å²) in [6.45, 7) is 0.360. The zero-order valence-corrected chi connectivity index (χ0v) is 20.6. The number of benzene rings is 3. The van der Waals surface area contributed by atoms with E-state index in [4.69, 9.17) is 5.10 Å². The fraction of sp³-hybridized carbons (Fsp3) is 0.172. The fourth-order valence-electron chi connectivity index (χ4n) is 4.49. The third-order valence-electron chi connectivity index (χ3n) is 6.34. The molecule has 5 rings (SSSR count). The van der Waals surface area contributed by atoms with Crippen LogP contribution in [0.1, 0.15) is 17.5 Å². The van der Waals surface area contributed by atoms with Gasteiger partial charge in [0.2, 0.25) is 5.91 Å². The van der Waals surface area contributed by atoms with Crippen LogP contribution in [-0.4, -0.2) is 46.6 Å². The molecule has 3 aromatic carbocycles. The van der Waals surface area contributed by atoms with Crippen LogP contribution in [0, 0.1) is 0 Å². The van der Waals surface area contributed by atoms with E-state index in [-0.39, 0.29) is 23.5 Å². The van der Waals surface area contributed by atoms with Gasteiger partial charge in [0.15, 0.2) is 9.84 Å². The van der Waals surface area contributed by atoms with Crippen LogP contribution in [0.3, 0.4) is 0 Å². The predicted octanol–water partition coefficient (Wildman–Crippen LogP) is 4.77. The number of para-hydroxylation sites is 1. The second-order valence-corrected chi connectivity index (χ2v) is 11.1. The molecule has 1 aliphatic rings. The number of carbonyl (C=O) groups excluding carboxylic acids is 1. The minimum absolute atomic E-state index is 0.000614. The maximum Gasteiger partial charge on any atom is 0.247 e. The van der Waals surface area contributed by atoms with E-state index in [1.807, 2.05) is 97.2 Å². The van der Waals surface area contributed by atoms with Crippen LogP contribution in [0.5, 0.6) is 0 Å².